The Kier molecular flexibility index (Phi) is 17.9. The quantitative estimate of drug-likeness (QED) is 0.123. The standard InChI is InChI=1S/C25H35N3O6.C11H24N2O/c1-3-6-21(27-22(30)16-28(17-29)15-19-7-4-5-8-19)23(31)24(32)26-14-13-18-9-11-20(12-10-18)25(33)34-2;1-8(10(2,3)4)12-9(14)13-11(5,6)7/h9-12,17,19,21H,3-8,13-16H2,1-2H3,(H,26,32)(H,27,30);8H,1-7H3,(H2,12,13,14). The number of ketones is 1. The summed E-state index contributed by atoms with van der Waals surface area (Å²) in [5, 5.41) is 11.0. The summed E-state index contributed by atoms with van der Waals surface area (Å²) in [7, 11) is 1.31. The molecule has 0 spiro atoms. The third-order valence-corrected chi connectivity index (χ3v) is 8.13. The van der Waals surface area contributed by atoms with Crippen LogP contribution in [0.1, 0.15) is 110 Å². The largest absolute Gasteiger partial charge is 0.465 e. The SMILES string of the molecule is CC(NC(=O)NC(C)(C)C)C(C)(C)C.CCCC(NC(=O)CN(C=O)CC1CCCC1)C(=O)C(=O)NCCc1ccc(C(=O)OC)cc1. The number of hydrogen-bond acceptors (Lipinski definition) is 7. The van der Waals surface area contributed by atoms with Crippen LogP contribution in [0.3, 0.4) is 0 Å². The van der Waals surface area contributed by atoms with Crippen LogP contribution >= 0.6 is 0 Å². The van der Waals surface area contributed by atoms with Gasteiger partial charge in [-0.15, -0.1) is 0 Å². The average Bonchev–Trinajstić information content (AvgIpc) is 3.52. The molecule has 1 aliphatic carbocycles. The van der Waals surface area contributed by atoms with Gasteiger partial charge in [0.1, 0.15) is 0 Å². The number of Topliss-reactive ketones (excluding diaryl/α,β-unsaturated/α-hetero) is 1. The third-order valence-electron chi connectivity index (χ3n) is 8.13. The molecule has 2 rings (SSSR count). The fraction of sp³-hybridized carbons (Fsp3) is 0.667. The van der Waals surface area contributed by atoms with E-state index >= 15 is 0 Å². The van der Waals surface area contributed by atoms with Crippen molar-refractivity contribution in [3.05, 3.63) is 35.4 Å². The molecule has 48 heavy (non-hydrogen) atoms. The summed E-state index contributed by atoms with van der Waals surface area (Å²) in [6, 6.07) is 5.91. The first-order valence-electron chi connectivity index (χ1n) is 17.0. The number of methoxy groups -OCH3 is 1. The van der Waals surface area contributed by atoms with Crippen molar-refractivity contribution in [3.8, 4) is 0 Å². The van der Waals surface area contributed by atoms with Gasteiger partial charge in [0, 0.05) is 24.7 Å². The molecule has 4 N–H and O–H groups in total. The van der Waals surface area contributed by atoms with E-state index in [1.54, 1.807) is 24.3 Å². The monoisotopic (exact) mass is 673 g/mol. The minimum absolute atomic E-state index is 0.0925. The summed E-state index contributed by atoms with van der Waals surface area (Å²) in [6.07, 6.45) is 6.47. The van der Waals surface area contributed by atoms with E-state index in [0.29, 0.717) is 43.7 Å². The Morgan fingerprint density at radius 3 is 2.08 bits per heavy atom. The van der Waals surface area contributed by atoms with Crippen molar-refractivity contribution in [2.75, 3.05) is 26.7 Å². The first-order chi connectivity index (χ1) is 22.4. The van der Waals surface area contributed by atoms with Crippen LogP contribution in [-0.4, -0.2) is 85.3 Å². The van der Waals surface area contributed by atoms with Crippen LogP contribution in [0.2, 0.25) is 0 Å². The number of ether oxygens (including phenoxy) is 1. The number of hydrogen-bond donors (Lipinski definition) is 4. The van der Waals surface area contributed by atoms with Crippen molar-refractivity contribution >= 4 is 36.0 Å². The van der Waals surface area contributed by atoms with Crippen molar-refractivity contribution < 1.29 is 33.5 Å². The number of esters is 1. The van der Waals surface area contributed by atoms with Crippen LogP contribution in [0, 0.1) is 11.3 Å². The smallest absolute Gasteiger partial charge is 0.337 e. The number of carbonyl (C=O) groups is 6. The lowest BCUT2D eigenvalue weighted by atomic mass is 9.88. The first-order valence-corrected chi connectivity index (χ1v) is 17.0. The molecule has 12 nitrogen and oxygen atoms in total. The first kappa shape index (κ1) is 42.1. The number of rotatable bonds is 15. The lowest BCUT2D eigenvalue weighted by molar-refractivity contribution is -0.140. The van der Waals surface area contributed by atoms with E-state index in [-0.39, 0.29) is 36.1 Å². The maximum atomic E-state index is 12.6. The lowest BCUT2D eigenvalue weighted by Gasteiger charge is -2.30. The van der Waals surface area contributed by atoms with Gasteiger partial charge < -0.3 is 30.9 Å². The molecule has 1 fully saturated rings. The van der Waals surface area contributed by atoms with Crippen molar-refractivity contribution in [2.45, 2.75) is 118 Å². The average molecular weight is 674 g/mol. The number of urea groups is 1. The van der Waals surface area contributed by atoms with E-state index in [0.717, 1.165) is 31.2 Å². The molecule has 0 aliphatic heterocycles. The van der Waals surface area contributed by atoms with Crippen LogP contribution < -0.4 is 21.3 Å². The van der Waals surface area contributed by atoms with Crippen molar-refractivity contribution in [1.29, 1.82) is 0 Å². The van der Waals surface area contributed by atoms with E-state index in [1.165, 1.54) is 12.0 Å². The molecule has 0 aromatic heterocycles. The molecule has 0 bridgehead atoms. The van der Waals surface area contributed by atoms with Gasteiger partial charge in [0.05, 0.1) is 25.3 Å². The highest BCUT2D eigenvalue weighted by atomic mass is 16.5. The third kappa shape index (κ3) is 16.7. The lowest BCUT2D eigenvalue weighted by Crippen LogP contribution is -2.51. The van der Waals surface area contributed by atoms with Gasteiger partial charge in [0.25, 0.3) is 5.91 Å². The molecule has 2 atom stereocenters. The van der Waals surface area contributed by atoms with Gasteiger partial charge in [-0.05, 0) is 82.4 Å². The molecule has 5 amide bonds. The number of amides is 5. The maximum Gasteiger partial charge on any atom is 0.337 e. The number of nitrogens with zero attached hydrogens (tertiary/aromatic N) is 1. The highest BCUT2D eigenvalue weighted by Gasteiger charge is 2.27. The Morgan fingerprint density at radius 1 is 0.979 bits per heavy atom. The minimum Gasteiger partial charge on any atom is -0.465 e. The maximum absolute atomic E-state index is 12.6. The van der Waals surface area contributed by atoms with Gasteiger partial charge in [-0.25, -0.2) is 9.59 Å². The highest BCUT2D eigenvalue weighted by Crippen LogP contribution is 2.25. The molecule has 12 heteroatoms. The van der Waals surface area contributed by atoms with Gasteiger partial charge in [-0.2, -0.15) is 0 Å². The molecule has 0 radical (unpaired) electrons. The zero-order valence-electron chi connectivity index (χ0n) is 30.5. The molecule has 2 unspecified atom stereocenters. The van der Waals surface area contributed by atoms with E-state index in [2.05, 4.69) is 46.8 Å². The summed E-state index contributed by atoms with van der Waals surface area (Å²) in [5.41, 5.74) is 1.23. The molecule has 1 aromatic rings. The molecule has 1 saturated carbocycles. The Balaban J connectivity index is 0.000000692. The fourth-order valence-electron chi connectivity index (χ4n) is 4.93. The summed E-state index contributed by atoms with van der Waals surface area (Å²) in [6.45, 7) is 16.7. The van der Waals surface area contributed by atoms with E-state index < -0.39 is 29.6 Å². The van der Waals surface area contributed by atoms with E-state index in [9.17, 15) is 28.8 Å². The zero-order valence-corrected chi connectivity index (χ0v) is 30.5. The normalized spacial score (nSPS) is 14.4. The molecule has 270 valence electrons. The number of carbonyl (C=O) groups excluding carboxylic acids is 6. The summed E-state index contributed by atoms with van der Waals surface area (Å²) < 4.78 is 4.66. The Labute approximate surface area is 286 Å². The van der Waals surface area contributed by atoms with Gasteiger partial charge in [0.15, 0.2) is 0 Å². The molecule has 1 aliphatic rings. The van der Waals surface area contributed by atoms with Crippen LogP contribution in [-0.2, 0) is 30.3 Å². The molecule has 0 heterocycles. The van der Waals surface area contributed by atoms with Crippen molar-refractivity contribution in [3.63, 3.8) is 0 Å². The topological polar surface area (TPSA) is 163 Å². The van der Waals surface area contributed by atoms with Gasteiger partial charge in [-0.1, -0.05) is 59.1 Å². The van der Waals surface area contributed by atoms with Crippen LogP contribution in [0.25, 0.3) is 0 Å². The van der Waals surface area contributed by atoms with Gasteiger partial charge in [0.2, 0.25) is 18.1 Å². The predicted octanol–water partition coefficient (Wildman–Crippen LogP) is 4.15. The highest BCUT2D eigenvalue weighted by molar-refractivity contribution is 6.38. The minimum atomic E-state index is -0.933. The number of nitrogens with one attached hydrogen (secondary N) is 4. The van der Waals surface area contributed by atoms with Gasteiger partial charge in [-0.3, -0.25) is 19.2 Å². The second kappa shape index (κ2) is 20.4. The second-order valence-electron chi connectivity index (χ2n) is 14.6. The van der Waals surface area contributed by atoms with Crippen LogP contribution in [0.4, 0.5) is 4.79 Å². The van der Waals surface area contributed by atoms with E-state index in [1.807, 2.05) is 34.6 Å². The fourth-order valence-corrected chi connectivity index (χ4v) is 4.93. The van der Waals surface area contributed by atoms with Crippen molar-refractivity contribution in [1.82, 2.24) is 26.2 Å². The summed E-state index contributed by atoms with van der Waals surface area (Å²) >= 11 is 0. The Morgan fingerprint density at radius 2 is 1.58 bits per heavy atom. The van der Waals surface area contributed by atoms with Crippen molar-refractivity contribution in [2.24, 2.45) is 11.3 Å². The summed E-state index contributed by atoms with van der Waals surface area (Å²) in [5.74, 6) is -1.93. The molecule has 1 aromatic carbocycles. The van der Waals surface area contributed by atoms with Crippen LogP contribution in [0.15, 0.2) is 24.3 Å². The zero-order chi connectivity index (χ0) is 36.5. The number of benzene rings is 1. The molecular formula is C36H59N5O7. The molecule has 0 saturated heterocycles. The van der Waals surface area contributed by atoms with E-state index in [4.69, 9.17) is 0 Å². The summed E-state index contributed by atoms with van der Waals surface area (Å²) in [4.78, 5) is 73.3. The Bertz CT molecular complexity index is 1200. The second-order valence-corrected chi connectivity index (χ2v) is 14.6. The van der Waals surface area contributed by atoms with Gasteiger partial charge >= 0.3 is 12.0 Å². The Hall–Kier alpha value is -3.96. The van der Waals surface area contributed by atoms with Crippen LogP contribution in [0.5, 0.6) is 0 Å². The predicted molar refractivity (Wildman–Crippen MR) is 186 cm³/mol. The molecular weight excluding hydrogens is 614 g/mol.